The fourth-order valence-corrected chi connectivity index (χ4v) is 0.625. The standard InChI is InChI=1S/C4H9N.C2H2/c1-2-4-5-3-1;1-2/h5H,1-4H2;1-2H. The highest BCUT2D eigenvalue weighted by molar-refractivity contribution is 4.55. The average Bonchev–Trinajstić information content (AvgIpc) is 2.23. The van der Waals surface area contributed by atoms with Crippen molar-refractivity contribution in [2.24, 2.45) is 0 Å². The van der Waals surface area contributed by atoms with Gasteiger partial charge in [-0.05, 0) is 25.9 Å². The third kappa shape index (κ3) is 3.35. The molecule has 0 aromatic heterocycles. The summed E-state index contributed by atoms with van der Waals surface area (Å²) in [5.41, 5.74) is 0. The Morgan fingerprint density at radius 2 is 1.43 bits per heavy atom. The largest absolute Gasteiger partial charge is 0.317 e. The maximum atomic E-state index is 4.00. The van der Waals surface area contributed by atoms with Crippen molar-refractivity contribution >= 4 is 0 Å². The van der Waals surface area contributed by atoms with Crippen LogP contribution in [0.3, 0.4) is 0 Å². The van der Waals surface area contributed by atoms with Crippen molar-refractivity contribution in [2.75, 3.05) is 13.1 Å². The molecular formula is C6H11N. The second kappa shape index (κ2) is 5.52. The van der Waals surface area contributed by atoms with Crippen molar-refractivity contribution in [1.29, 1.82) is 0 Å². The van der Waals surface area contributed by atoms with Crippen molar-refractivity contribution in [3.63, 3.8) is 0 Å². The molecule has 0 aliphatic carbocycles. The molecule has 0 atom stereocenters. The highest BCUT2D eigenvalue weighted by atomic mass is 14.9. The average molecular weight is 97.2 g/mol. The third-order valence-corrected chi connectivity index (χ3v) is 0.957. The highest BCUT2D eigenvalue weighted by Crippen LogP contribution is 1.90. The van der Waals surface area contributed by atoms with Gasteiger partial charge >= 0.3 is 0 Å². The van der Waals surface area contributed by atoms with E-state index in [9.17, 15) is 0 Å². The summed E-state index contributed by atoms with van der Waals surface area (Å²) in [7, 11) is 0. The Balaban J connectivity index is 0.000000162. The Morgan fingerprint density at radius 3 is 1.57 bits per heavy atom. The minimum Gasteiger partial charge on any atom is -0.317 e. The van der Waals surface area contributed by atoms with E-state index in [1.807, 2.05) is 0 Å². The fraction of sp³-hybridized carbons (Fsp3) is 0.667. The minimum atomic E-state index is 1.25. The number of nitrogens with one attached hydrogen (secondary N) is 1. The van der Waals surface area contributed by atoms with E-state index in [2.05, 4.69) is 18.2 Å². The molecule has 0 aromatic carbocycles. The summed E-state index contributed by atoms with van der Waals surface area (Å²) in [6.45, 7) is 2.50. The van der Waals surface area contributed by atoms with Gasteiger partial charge < -0.3 is 5.32 Å². The molecule has 40 valence electrons. The molecule has 0 spiro atoms. The van der Waals surface area contributed by atoms with Gasteiger partial charge in [-0.2, -0.15) is 0 Å². The molecule has 1 aliphatic heterocycles. The zero-order chi connectivity index (χ0) is 5.54. The first kappa shape index (κ1) is 6.52. The van der Waals surface area contributed by atoms with Gasteiger partial charge in [0.05, 0.1) is 0 Å². The smallest absolute Gasteiger partial charge is 0.00484 e. The van der Waals surface area contributed by atoms with Crippen LogP contribution < -0.4 is 5.32 Å². The molecule has 1 aliphatic rings. The van der Waals surface area contributed by atoms with Crippen molar-refractivity contribution in [3.8, 4) is 12.8 Å². The van der Waals surface area contributed by atoms with E-state index in [1.54, 1.807) is 0 Å². The summed E-state index contributed by atoms with van der Waals surface area (Å²) in [4.78, 5) is 0. The lowest BCUT2D eigenvalue weighted by atomic mass is 10.4. The Morgan fingerprint density at radius 1 is 1.00 bits per heavy atom. The van der Waals surface area contributed by atoms with Gasteiger partial charge in [0.25, 0.3) is 0 Å². The van der Waals surface area contributed by atoms with E-state index in [-0.39, 0.29) is 0 Å². The molecular weight excluding hydrogens is 86.1 g/mol. The summed E-state index contributed by atoms with van der Waals surface area (Å²) >= 11 is 0. The second-order valence-electron chi connectivity index (χ2n) is 1.46. The lowest BCUT2D eigenvalue weighted by molar-refractivity contribution is 0.857. The highest BCUT2D eigenvalue weighted by Gasteiger charge is 1.93. The van der Waals surface area contributed by atoms with Gasteiger partial charge in [0.2, 0.25) is 0 Å². The summed E-state index contributed by atoms with van der Waals surface area (Å²) in [5.74, 6) is 0. The second-order valence-corrected chi connectivity index (χ2v) is 1.46. The van der Waals surface area contributed by atoms with Crippen molar-refractivity contribution in [2.45, 2.75) is 12.8 Å². The molecule has 0 unspecified atom stereocenters. The van der Waals surface area contributed by atoms with Crippen LogP contribution in [-0.4, -0.2) is 13.1 Å². The van der Waals surface area contributed by atoms with E-state index < -0.39 is 0 Å². The maximum absolute atomic E-state index is 4.00. The van der Waals surface area contributed by atoms with Gasteiger partial charge in [0.1, 0.15) is 0 Å². The number of hydrogen-bond acceptors (Lipinski definition) is 1. The first-order valence-electron chi connectivity index (χ1n) is 2.54. The molecule has 0 bridgehead atoms. The number of hydrogen-bond donors (Lipinski definition) is 1. The van der Waals surface area contributed by atoms with Crippen LogP contribution in [0.2, 0.25) is 0 Å². The van der Waals surface area contributed by atoms with Crippen LogP contribution in [0.5, 0.6) is 0 Å². The van der Waals surface area contributed by atoms with Crippen molar-refractivity contribution in [3.05, 3.63) is 0 Å². The monoisotopic (exact) mass is 97.1 g/mol. The van der Waals surface area contributed by atoms with Gasteiger partial charge in [-0.15, -0.1) is 12.8 Å². The topological polar surface area (TPSA) is 12.0 Å². The molecule has 1 fully saturated rings. The Hall–Kier alpha value is -0.480. The maximum Gasteiger partial charge on any atom is -0.00484 e. The molecule has 0 amide bonds. The Kier molecular flexibility index (Phi) is 5.14. The van der Waals surface area contributed by atoms with Gasteiger partial charge in [0, 0.05) is 0 Å². The van der Waals surface area contributed by atoms with Crippen LogP contribution in [-0.2, 0) is 0 Å². The lowest BCUT2D eigenvalue weighted by Crippen LogP contribution is -2.03. The molecule has 0 aromatic rings. The first-order chi connectivity index (χ1) is 3.50. The quantitative estimate of drug-likeness (QED) is 0.437. The lowest BCUT2D eigenvalue weighted by Gasteiger charge is -1.76. The van der Waals surface area contributed by atoms with Gasteiger partial charge in [-0.25, -0.2) is 0 Å². The molecule has 1 nitrogen and oxygen atoms in total. The summed E-state index contributed by atoms with van der Waals surface area (Å²) in [6, 6.07) is 0. The number of rotatable bonds is 0. The van der Waals surface area contributed by atoms with E-state index in [4.69, 9.17) is 0 Å². The van der Waals surface area contributed by atoms with E-state index in [0.29, 0.717) is 0 Å². The number of terminal acetylenes is 1. The summed E-state index contributed by atoms with van der Waals surface area (Å²) < 4.78 is 0. The predicted molar refractivity (Wildman–Crippen MR) is 32.0 cm³/mol. The zero-order valence-corrected chi connectivity index (χ0v) is 4.48. The van der Waals surface area contributed by atoms with E-state index in [1.165, 1.54) is 25.9 Å². The third-order valence-electron chi connectivity index (χ3n) is 0.957. The zero-order valence-electron chi connectivity index (χ0n) is 4.48. The van der Waals surface area contributed by atoms with Crippen LogP contribution in [0, 0.1) is 12.8 Å². The summed E-state index contributed by atoms with van der Waals surface area (Å²) in [5, 5.41) is 3.22. The Bertz CT molecular complexity index is 35.8. The predicted octanol–water partition coefficient (Wildman–Crippen LogP) is 0.619. The van der Waals surface area contributed by atoms with Crippen molar-refractivity contribution < 1.29 is 0 Å². The van der Waals surface area contributed by atoms with Crippen molar-refractivity contribution in [1.82, 2.24) is 5.32 Å². The van der Waals surface area contributed by atoms with Crippen LogP contribution >= 0.6 is 0 Å². The molecule has 0 saturated carbocycles. The van der Waals surface area contributed by atoms with E-state index >= 15 is 0 Å². The normalized spacial score (nSPS) is 17.4. The molecule has 1 rings (SSSR count). The Labute approximate surface area is 45.1 Å². The molecule has 0 radical (unpaired) electrons. The van der Waals surface area contributed by atoms with Gasteiger partial charge in [-0.1, -0.05) is 0 Å². The molecule has 1 saturated heterocycles. The van der Waals surface area contributed by atoms with Gasteiger partial charge in [0.15, 0.2) is 0 Å². The summed E-state index contributed by atoms with van der Waals surface area (Å²) in [6.07, 6.45) is 10.8. The fourth-order valence-electron chi connectivity index (χ4n) is 0.625. The van der Waals surface area contributed by atoms with Crippen LogP contribution in [0.15, 0.2) is 0 Å². The molecule has 1 heteroatoms. The SMILES string of the molecule is C#C.C1CCNC1. The molecule has 1 heterocycles. The van der Waals surface area contributed by atoms with Gasteiger partial charge in [-0.3, -0.25) is 0 Å². The van der Waals surface area contributed by atoms with Crippen LogP contribution in [0.1, 0.15) is 12.8 Å². The molecule has 1 N–H and O–H groups in total. The first-order valence-corrected chi connectivity index (χ1v) is 2.54. The van der Waals surface area contributed by atoms with E-state index in [0.717, 1.165) is 0 Å². The molecule has 7 heavy (non-hydrogen) atoms. The van der Waals surface area contributed by atoms with Crippen LogP contribution in [0.4, 0.5) is 0 Å². The van der Waals surface area contributed by atoms with Crippen LogP contribution in [0.25, 0.3) is 0 Å². The minimum absolute atomic E-state index is 1.25.